The highest BCUT2D eigenvalue weighted by Gasteiger charge is 2.38. The van der Waals surface area contributed by atoms with E-state index in [-0.39, 0.29) is 13.0 Å². The number of hydrogen-bond donors (Lipinski definition) is 1. The van der Waals surface area contributed by atoms with Crippen LogP contribution in [0.3, 0.4) is 0 Å². The van der Waals surface area contributed by atoms with Gasteiger partial charge in [-0.25, -0.2) is 13.8 Å². The number of aromatic amines is 1. The summed E-state index contributed by atoms with van der Waals surface area (Å²) in [6, 6.07) is 4.71. The third kappa shape index (κ3) is 3.06. The minimum Gasteiger partial charge on any atom is -0.381 e. The van der Waals surface area contributed by atoms with Gasteiger partial charge in [-0.15, -0.1) is 0 Å². The average Bonchev–Trinajstić information content (AvgIpc) is 3.36. The number of hydrogen-bond acceptors (Lipinski definition) is 5. The van der Waals surface area contributed by atoms with Crippen LogP contribution in [0.4, 0.5) is 8.78 Å². The summed E-state index contributed by atoms with van der Waals surface area (Å²) in [6.45, 7) is 1.11. The lowest BCUT2D eigenvalue weighted by molar-refractivity contribution is 0.0100. The number of halogens is 2. The first-order valence-electron chi connectivity index (χ1n) is 11.0. The average molecular weight is 413 g/mol. The van der Waals surface area contributed by atoms with E-state index < -0.39 is 25.1 Å². The molecule has 154 valence electrons. The normalized spacial score (nSPS) is 20.6. The number of H-pyrrole nitrogens is 1. The molecule has 5 rings (SSSR count). The summed E-state index contributed by atoms with van der Waals surface area (Å²) in [4.78, 5) is 8.65. The molecule has 30 heavy (non-hydrogen) atoms. The Hall–Kier alpha value is -3.20. The number of aryl methyl sites for hydroxylation is 1. The molecule has 1 aliphatic rings. The molecule has 0 amide bonds. The van der Waals surface area contributed by atoms with Gasteiger partial charge in [0.1, 0.15) is 11.5 Å². The smallest absolute Gasteiger partial charge is 0.155 e. The highest BCUT2D eigenvalue weighted by molar-refractivity contribution is 5.97. The predicted molar refractivity (Wildman–Crippen MR) is 107 cm³/mol. The minimum absolute atomic E-state index is 0.0661. The van der Waals surface area contributed by atoms with E-state index in [1.54, 1.807) is 6.20 Å². The van der Waals surface area contributed by atoms with E-state index in [1.165, 1.54) is 16.8 Å². The second-order valence-electron chi connectivity index (χ2n) is 7.57. The van der Waals surface area contributed by atoms with Crippen molar-refractivity contribution in [2.24, 2.45) is 0 Å². The summed E-state index contributed by atoms with van der Waals surface area (Å²) in [7, 11) is -2.68. The lowest BCUT2D eigenvalue weighted by Gasteiger charge is -2.30. The zero-order valence-electron chi connectivity index (χ0n) is 19.1. The summed E-state index contributed by atoms with van der Waals surface area (Å²) in [5.74, 6) is -0.481. The molecular weight excluding hydrogens is 390 g/mol. The highest BCUT2D eigenvalue weighted by atomic mass is 19.1. The molecular formula is C21H20F2N6O. The number of methoxy groups -OCH3 is 1. The molecule has 0 saturated carbocycles. The topological polar surface area (TPSA) is 81.5 Å². The predicted octanol–water partition coefficient (Wildman–Crippen LogP) is 3.63. The number of pyridine rings is 2. The van der Waals surface area contributed by atoms with Gasteiger partial charge in [0.15, 0.2) is 11.3 Å². The summed E-state index contributed by atoms with van der Waals surface area (Å²) in [5, 5.41) is 12.4. The van der Waals surface area contributed by atoms with E-state index in [0.29, 0.717) is 23.5 Å². The molecule has 9 heteroatoms. The van der Waals surface area contributed by atoms with Crippen molar-refractivity contribution in [1.82, 2.24) is 29.9 Å². The first-order chi connectivity index (χ1) is 15.6. The van der Waals surface area contributed by atoms with Crippen LogP contribution in [0, 0.1) is 12.7 Å². The highest BCUT2D eigenvalue weighted by Crippen LogP contribution is 2.41. The maximum atomic E-state index is 15.5. The zero-order valence-corrected chi connectivity index (χ0v) is 16.1. The molecule has 1 unspecified atom stereocenters. The molecule has 4 aromatic heterocycles. The summed E-state index contributed by atoms with van der Waals surface area (Å²) >= 11 is 0. The zero-order chi connectivity index (χ0) is 23.4. The number of nitrogens with one attached hydrogen (secondary N) is 1. The SMILES string of the molecule is [2H]C([2H])([2H])OCC1(F)CCc2c(-c3cc(C)nc4[nH]ncc34)c(-c3ccc(F)cn3)nn2C1. The molecule has 0 radical (unpaired) electrons. The van der Waals surface area contributed by atoms with E-state index in [2.05, 4.69) is 25.3 Å². The Bertz CT molecular complexity index is 1330. The molecule has 0 aliphatic carbocycles. The monoisotopic (exact) mass is 413 g/mol. The number of alkyl halides is 1. The minimum atomic E-state index is -2.68. The van der Waals surface area contributed by atoms with Gasteiger partial charge in [0.25, 0.3) is 0 Å². The van der Waals surface area contributed by atoms with Crippen molar-refractivity contribution in [2.45, 2.75) is 32.0 Å². The lowest BCUT2D eigenvalue weighted by Crippen LogP contribution is -2.39. The number of nitrogens with zero attached hydrogens (tertiary/aromatic N) is 5. The molecule has 0 bridgehead atoms. The van der Waals surface area contributed by atoms with Crippen LogP contribution in [-0.4, -0.2) is 49.3 Å². The van der Waals surface area contributed by atoms with Crippen LogP contribution in [0.1, 0.15) is 21.9 Å². The lowest BCUT2D eigenvalue weighted by atomic mass is 9.91. The maximum absolute atomic E-state index is 15.5. The van der Waals surface area contributed by atoms with E-state index in [9.17, 15) is 4.39 Å². The molecule has 1 atom stereocenters. The number of aromatic nitrogens is 6. The van der Waals surface area contributed by atoms with Gasteiger partial charge < -0.3 is 4.74 Å². The standard InChI is InChI=1S/C21H20F2N6O/c1-12-7-14(15-9-25-27-20(15)26-12)18-17-5-6-21(23,11-30-2)10-29(17)28-19(18)16-4-3-13(22)8-24-16/h3-4,7-9H,5-6,10-11H2,1-2H3,(H,25,26,27)/i2D3. The van der Waals surface area contributed by atoms with Crippen LogP contribution < -0.4 is 0 Å². The van der Waals surface area contributed by atoms with Gasteiger partial charge >= 0.3 is 0 Å². The van der Waals surface area contributed by atoms with Crippen molar-refractivity contribution in [3.05, 3.63) is 47.8 Å². The second kappa shape index (κ2) is 6.94. The largest absolute Gasteiger partial charge is 0.381 e. The van der Waals surface area contributed by atoms with Gasteiger partial charge in [-0.3, -0.25) is 14.8 Å². The van der Waals surface area contributed by atoms with Crippen molar-refractivity contribution in [1.29, 1.82) is 0 Å². The maximum Gasteiger partial charge on any atom is 0.155 e. The number of rotatable bonds is 4. The molecule has 4 aromatic rings. The van der Waals surface area contributed by atoms with Crippen LogP contribution >= 0.6 is 0 Å². The van der Waals surface area contributed by atoms with Crippen molar-refractivity contribution in [2.75, 3.05) is 13.6 Å². The fraction of sp³-hybridized carbons (Fsp3) is 0.333. The van der Waals surface area contributed by atoms with Crippen LogP contribution in [0.25, 0.3) is 33.5 Å². The molecule has 0 saturated heterocycles. The van der Waals surface area contributed by atoms with Gasteiger partial charge in [-0.2, -0.15) is 10.2 Å². The number of ether oxygens (including phenoxy) is 1. The van der Waals surface area contributed by atoms with Crippen LogP contribution in [0.15, 0.2) is 30.6 Å². The molecule has 1 aliphatic heterocycles. The Labute approximate surface area is 175 Å². The summed E-state index contributed by atoms with van der Waals surface area (Å²) < 4.78 is 57.0. The van der Waals surface area contributed by atoms with Crippen LogP contribution in [-0.2, 0) is 17.7 Å². The van der Waals surface area contributed by atoms with Gasteiger partial charge in [-0.05, 0) is 38.0 Å². The molecule has 7 nitrogen and oxygen atoms in total. The first kappa shape index (κ1) is 15.6. The molecule has 0 aromatic carbocycles. The van der Waals surface area contributed by atoms with Crippen molar-refractivity contribution >= 4 is 11.0 Å². The Morgan fingerprint density at radius 2 is 2.27 bits per heavy atom. The van der Waals surface area contributed by atoms with Crippen molar-refractivity contribution in [3.8, 4) is 22.5 Å². The molecule has 1 N–H and O–H groups in total. The fourth-order valence-electron chi connectivity index (χ4n) is 4.06. The van der Waals surface area contributed by atoms with Crippen LogP contribution in [0.5, 0.6) is 0 Å². The molecule has 5 heterocycles. The Morgan fingerprint density at radius 1 is 1.37 bits per heavy atom. The van der Waals surface area contributed by atoms with E-state index in [1.807, 2.05) is 13.0 Å². The summed E-state index contributed by atoms with van der Waals surface area (Å²) in [5.41, 5.74) is 2.68. The van der Waals surface area contributed by atoms with Crippen LogP contribution in [0.2, 0.25) is 0 Å². The Balaban J connectivity index is 1.66. The third-order valence-corrected chi connectivity index (χ3v) is 5.42. The fourth-order valence-corrected chi connectivity index (χ4v) is 4.06. The first-order valence-corrected chi connectivity index (χ1v) is 9.47. The van der Waals surface area contributed by atoms with Gasteiger partial charge in [0.2, 0.25) is 0 Å². The second-order valence-corrected chi connectivity index (χ2v) is 7.57. The quantitative estimate of drug-likeness (QED) is 0.553. The Kier molecular flexibility index (Phi) is 3.61. The van der Waals surface area contributed by atoms with E-state index in [4.69, 9.17) is 8.85 Å². The molecule has 0 spiro atoms. The number of fused-ring (bicyclic) bond motifs is 2. The van der Waals surface area contributed by atoms with Gasteiger partial charge in [0, 0.05) is 34.9 Å². The Morgan fingerprint density at radius 3 is 3.07 bits per heavy atom. The van der Waals surface area contributed by atoms with Gasteiger partial charge in [0.05, 0.1) is 35.4 Å². The van der Waals surface area contributed by atoms with E-state index >= 15 is 4.39 Å². The molecule has 0 fully saturated rings. The van der Waals surface area contributed by atoms with Gasteiger partial charge in [-0.1, -0.05) is 0 Å². The van der Waals surface area contributed by atoms with Crippen molar-refractivity contribution in [3.63, 3.8) is 0 Å². The third-order valence-electron chi connectivity index (χ3n) is 5.42. The summed E-state index contributed by atoms with van der Waals surface area (Å²) in [6.07, 6.45) is 3.13. The van der Waals surface area contributed by atoms with Crippen molar-refractivity contribution < 1.29 is 17.6 Å². The van der Waals surface area contributed by atoms with E-state index in [0.717, 1.165) is 34.1 Å².